The standard InChI is InChI=1S/C12H21NO4/c1-12(2,3)17-9(14)5-4-8-6-7-13-10(8)11(15)16/h8,10,13H,4-7H2,1-3H3,(H,15,16)/t8-,10-/m1/s1. The summed E-state index contributed by atoms with van der Waals surface area (Å²) in [4.78, 5) is 22.4. The van der Waals surface area contributed by atoms with Gasteiger partial charge in [-0.15, -0.1) is 0 Å². The van der Waals surface area contributed by atoms with Crippen LogP contribution in [0, 0.1) is 5.92 Å². The second-order valence-corrected chi connectivity index (χ2v) is 5.44. The maximum atomic E-state index is 11.5. The molecule has 5 nitrogen and oxygen atoms in total. The van der Waals surface area contributed by atoms with Crippen LogP contribution in [-0.2, 0) is 14.3 Å². The van der Waals surface area contributed by atoms with Crippen LogP contribution in [0.3, 0.4) is 0 Å². The van der Waals surface area contributed by atoms with Crippen molar-refractivity contribution in [2.24, 2.45) is 5.92 Å². The Kier molecular flexibility index (Phi) is 4.51. The van der Waals surface area contributed by atoms with Crippen LogP contribution >= 0.6 is 0 Å². The molecule has 0 saturated carbocycles. The number of hydrogen-bond donors (Lipinski definition) is 2. The molecule has 0 unspecified atom stereocenters. The Balaban J connectivity index is 2.35. The summed E-state index contributed by atoms with van der Waals surface area (Å²) < 4.78 is 5.19. The minimum Gasteiger partial charge on any atom is -0.480 e. The minimum atomic E-state index is -0.836. The summed E-state index contributed by atoms with van der Waals surface area (Å²) in [6.45, 7) is 6.17. The van der Waals surface area contributed by atoms with Crippen LogP contribution in [0.15, 0.2) is 0 Å². The summed E-state index contributed by atoms with van der Waals surface area (Å²) in [6, 6.07) is -0.516. The molecule has 0 aromatic rings. The Morgan fingerprint density at radius 3 is 2.59 bits per heavy atom. The molecule has 0 aromatic heterocycles. The Bertz CT molecular complexity index is 295. The maximum absolute atomic E-state index is 11.5. The summed E-state index contributed by atoms with van der Waals surface area (Å²) in [5.74, 6) is -1.06. The van der Waals surface area contributed by atoms with Gasteiger partial charge in [-0.1, -0.05) is 0 Å². The first-order valence-corrected chi connectivity index (χ1v) is 5.97. The molecule has 0 spiro atoms. The Morgan fingerprint density at radius 2 is 2.06 bits per heavy atom. The van der Waals surface area contributed by atoms with Gasteiger partial charge in [-0.25, -0.2) is 0 Å². The predicted octanol–water partition coefficient (Wildman–Crippen LogP) is 1.17. The predicted molar refractivity (Wildman–Crippen MR) is 62.6 cm³/mol. The van der Waals surface area contributed by atoms with Crippen molar-refractivity contribution in [1.82, 2.24) is 5.32 Å². The quantitative estimate of drug-likeness (QED) is 0.725. The van der Waals surface area contributed by atoms with Crippen LogP contribution in [-0.4, -0.2) is 35.2 Å². The highest BCUT2D eigenvalue weighted by Gasteiger charge is 2.32. The third-order valence-corrected chi connectivity index (χ3v) is 2.76. The number of carbonyl (C=O) groups excluding carboxylic acids is 1. The van der Waals surface area contributed by atoms with Gasteiger partial charge in [-0.3, -0.25) is 9.59 Å². The largest absolute Gasteiger partial charge is 0.480 e. The minimum absolute atomic E-state index is 0.0278. The number of hydrogen-bond acceptors (Lipinski definition) is 4. The normalized spacial score (nSPS) is 24.6. The fraction of sp³-hybridized carbons (Fsp3) is 0.833. The van der Waals surface area contributed by atoms with Crippen LogP contribution in [0.2, 0.25) is 0 Å². The molecule has 1 aliphatic rings. The van der Waals surface area contributed by atoms with E-state index in [1.54, 1.807) is 0 Å². The average molecular weight is 243 g/mol. The number of carbonyl (C=O) groups is 2. The van der Waals surface area contributed by atoms with Crippen molar-refractivity contribution in [3.63, 3.8) is 0 Å². The first kappa shape index (κ1) is 14.0. The monoisotopic (exact) mass is 243 g/mol. The zero-order valence-corrected chi connectivity index (χ0v) is 10.7. The van der Waals surface area contributed by atoms with E-state index in [1.807, 2.05) is 20.8 Å². The fourth-order valence-corrected chi connectivity index (χ4v) is 2.05. The van der Waals surface area contributed by atoms with Gasteiger partial charge in [-0.2, -0.15) is 0 Å². The zero-order chi connectivity index (χ0) is 13.1. The number of rotatable bonds is 4. The number of carboxylic acids is 1. The van der Waals surface area contributed by atoms with E-state index in [9.17, 15) is 9.59 Å². The summed E-state index contributed by atoms with van der Waals surface area (Å²) in [6.07, 6.45) is 1.66. The van der Waals surface area contributed by atoms with E-state index in [-0.39, 0.29) is 18.3 Å². The van der Waals surface area contributed by atoms with Crippen molar-refractivity contribution >= 4 is 11.9 Å². The molecule has 5 heteroatoms. The van der Waals surface area contributed by atoms with Gasteiger partial charge in [0.2, 0.25) is 0 Å². The lowest BCUT2D eigenvalue weighted by atomic mass is 9.95. The first-order valence-electron chi connectivity index (χ1n) is 5.97. The molecule has 0 aliphatic carbocycles. The molecule has 98 valence electrons. The van der Waals surface area contributed by atoms with Gasteiger partial charge in [-0.05, 0) is 46.1 Å². The molecule has 1 saturated heterocycles. The Labute approximate surface area is 102 Å². The summed E-state index contributed by atoms with van der Waals surface area (Å²) in [7, 11) is 0. The molecule has 0 radical (unpaired) electrons. The lowest BCUT2D eigenvalue weighted by Gasteiger charge is -2.20. The summed E-state index contributed by atoms with van der Waals surface area (Å²) in [5.41, 5.74) is -0.475. The number of aliphatic carboxylic acids is 1. The first-order chi connectivity index (χ1) is 7.79. The molecular formula is C12H21NO4. The highest BCUT2D eigenvalue weighted by molar-refractivity contribution is 5.74. The van der Waals surface area contributed by atoms with Gasteiger partial charge in [0.15, 0.2) is 0 Å². The van der Waals surface area contributed by atoms with Crippen LogP contribution in [0.1, 0.15) is 40.0 Å². The fourth-order valence-electron chi connectivity index (χ4n) is 2.05. The lowest BCUT2D eigenvalue weighted by Crippen LogP contribution is -2.35. The van der Waals surface area contributed by atoms with Crippen molar-refractivity contribution < 1.29 is 19.4 Å². The van der Waals surface area contributed by atoms with E-state index in [0.717, 1.165) is 6.42 Å². The number of esters is 1. The van der Waals surface area contributed by atoms with Crippen molar-refractivity contribution in [1.29, 1.82) is 0 Å². The Hall–Kier alpha value is -1.10. The summed E-state index contributed by atoms with van der Waals surface area (Å²) in [5, 5.41) is 11.9. The van der Waals surface area contributed by atoms with E-state index in [4.69, 9.17) is 9.84 Å². The topological polar surface area (TPSA) is 75.6 Å². The maximum Gasteiger partial charge on any atom is 0.320 e. The van der Waals surface area contributed by atoms with Crippen LogP contribution in [0.4, 0.5) is 0 Å². The second-order valence-electron chi connectivity index (χ2n) is 5.44. The molecule has 1 fully saturated rings. The molecular weight excluding hydrogens is 222 g/mol. The third kappa shape index (κ3) is 4.73. The van der Waals surface area contributed by atoms with Crippen LogP contribution in [0.5, 0.6) is 0 Å². The lowest BCUT2D eigenvalue weighted by molar-refractivity contribution is -0.155. The SMILES string of the molecule is CC(C)(C)OC(=O)CC[C@@H]1CCN[C@H]1C(=O)O. The van der Waals surface area contributed by atoms with Gasteiger partial charge in [0, 0.05) is 6.42 Å². The Morgan fingerprint density at radius 1 is 1.41 bits per heavy atom. The highest BCUT2D eigenvalue weighted by atomic mass is 16.6. The molecule has 1 rings (SSSR count). The molecule has 2 N–H and O–H groups in total. The molecule has 17 heavy (non-hydrogen) atoms. The average Bonchev–Trinajstić information content (AvgIpc) is 2.59. The van der Waals surface area contributed by atoms with E-state index in [1.165, 1.54) is 0 Å². The van der Waals surface area contributed by atoms with Crippen molar-refractivity contribution in [2.45, 2.75) is 51.7 Å². The van der Waals surface area contributed by atoms with Crippen molar-refractivity contribution in [3.05, 3.63) is 0 Å². The van der Waals surface area contributed by atoms with E-state index < -0.39 is 17.6 Å². The van der Waals surface area contributed by atoms with Gasteiger partial charge in [0.05, 0.1) is 0 Å². The van der Waals surface area contributed by atoms with E-state index in [0.29, 0.717) is 13.0 Å². The van der Waals surface area contributed by atoms with Gasteiger partial charge in [0.25, 0.3) is 0 Å². The van der Waals surface area contributed by atoms with Crippen LogP contribution in [0.25, 0.3) is 0 Å². The van der Waals surface area contributed by atoms with Gasteiger partial charge in [0.1, 0.15) is 11.6 Å². The number of carboxylic acid groups (broad SMARTS) is 1. The van der Waals surface area contributed by atoms with Gasteiger partial charge < -0.3 is 15.2 Å². The smallest absolute Gasteiger partial charge is 0.320 e. The molecule has 0 bridgehead atoms. The van der Waals surface area contributed by atoms with E-state index in [2.05, 4.69) is 5.32 Å². The molecule has 1 aliphatic heterocycles. The number of ether oxygens (including phenoxy) is 1. The highest BCUT2D eigenvalue weighted by Crippen LogP contribution is 2.22. The molecule has 1 heterocycles. The second kappa shape index (κ2) is 5.49. The zero-order valence-electron chi connectivity index (χ0n) is 10.7. The van der Waals surface area contributed by atoms with Crippen molar-refractivity contribution in [3.8, 4) is 0 Å². The molecule has 2 atom stereocenters. The van der Waals surface area contributed by atoms with Crippen LogP contribution < -0.4 is 5.32 Å². The molecule has 0 amide bonds. The van der Waals surface area contributed by atoms with E-state index >= 15 is 0 Å². The molecule has 0 aromatic carbocycles. The van der Waals surface area contributed by atoms with Crippen molar-refractivity contribution in [2.75, 3.05) is 6.54 Å². The number of nitrogens with one attached hydrogen (secondary N) is 1. The summed E-state index contributed by atoms with van der Waals surface area (Å²) >= 11 is 0. The third-order valence-electron chi connectivity index (χ3n) is 2.76. The van der Waals surface area contributed by atoms with Gasteiger partial charge >= 0.3 is 11.9 Å².